The smallest absolute Gasteiger partial charge is 0.411 e. The number of carbonyl (C=O) groups excluding carboxylic acids is 1. The highest BCUT2D eigenvalue weighted by Crippen LogP contribution is 2.41. The Kier molecular flexibility index (Phi) is 9.77. The van der Waals surface area contributed by atoms with Crippen molar-refractivity contribution in [2.24, 2.45) is 5.16 Å². The van der Waals surface area contributed by atoms with Crippen molar-refractivity contribution >= 4 is 35.0 Å². The van der Waals surface area contributed by atoms with Gasteiger partial charge in [-0.3, -0.25) is 4.79 Å². The molecule has 1 aliphatic heterocycles. The zero-order valence-electron chi connectivity index (χ0n) is 22.3. The second kappa shape index (κ2) is 13.3. The number of carboxylic acid groups (broad SMARTS) is 1. The van der Waals surface area contributed by atoms with Gasteiger partial charge < -0.3 is 24.3 Å². The van der Waals surface area contributed by atoms with Gasteiger partial charge in [-0.05, 0) is 48.4 Å². The highest BCUT2D eigenvalue weighted by Gasteiger charge is 2.32. The molecule has 3 unspecified atom stereocenters. The zero-order chi connectivity index (χ0) is 29.6. The van der Waals surface area contributed by atoms with Crippen LogP contribution in [0.4, 0.5) is 18.9 Å². The summed E-state index contributed by atoms with van der Waals surface area (Å²) in [5.41, 5.74) is 3.08. The molecule has 8 nitrogen and oxygen atoms in total. The first-order valence-corrected chi connectivity index (χ1v) is 13.6. The number of rotatable bonds is 11. The number of thioether (sulfide) groups is 1. The van der Waals surface area contributed by atoms with Crippen molar-refractivity contribution in [3.8, 4) is 5.75 Å². The van der Waals surface area contributed by atoms with E-state index < -0.39 is 24.9 Å². The fourth-order valence-electron chi connectivity index (χ4n) is 4.46. The molecular formula is C29H29F3N2O6S. The number of allylic oxidation sites excluding steroid dienone is 4. The number of amides is 1. The number of hydrogen-bond donors (Lipinski definition) is 1. The van der Waals surface area contributed by atoms with E-state index >= 15 is 0 Å². The van der Waals surface area contributed by atoms with Gasteiger partial charge in [0, 0.05) is 17.2 Å². The number of nitrogens with zero attached hydrogens (tertiary/aromatic N) is 2. The summed E-state index contributed by atoms with van der Waals surface area (Å²) in [6, 6.07) is 12.3. The Bertz CT molecular complexity index is 1340. The van der Waals surface area contributed by atoms with Gasteiger partial charge in [0.15, 0.2) is 6.10 Å². The number of carboxylic acids is 1. The molecule has 4 rings (SSSR count). The third-order valence-electron chi connectivity index (χ3n) is 6.40. The van der Waals surface area contributed by atoms with Crippen molar-refractivity contribution in [1.82, 2.24) is 0 Å². The number of carbonyl (C=O) groups is 2. The van der Waals surface area contributed by atoms with Gasteiger partial charge in [0.25, 0.3) is 0 Å². The van der Waals surface area contributed by atoms with Crippen molar-refractivity contribution < 1.29 is 42.2 Å². The summed E-state index contributed by atoms with van der Waals surface area (Å²) >= 11 is 1.50. The molecule has 0 saturated heterocycles. The van der Waals surface area contributed by atoms with E-state index in [-0.39, 0.29) is 30.1 Å². The van der Waals surface area contributed by atoms with Crippen LogP contribution in [0, 0.1) is 0 Å². The molecule has 2 aromatic rings. The molecule has 0 bridgehead atoms. The lowest BCUT2D eigenvalue weighted by atomic mass is 9.90. The summed E-state index contributed by atoms with van der Waals surface area (Å²) in [5.74, 6) is -1.10. The van der Waals surface area contributed by atoms with Crippen LogP contribution < -0.4 is 9.64 Å². The lowest BCUT2D eigenvalue weighted by Gasteiger charge is -2.33. The van der Waals surface area contributed by atoms with Crippen molar-refractivity contribution in [2.45, 2.75) is 41.7 Å². The van der Waals surface area contributed by atoms with Gasteiger partial charge in [-0.2, -0.15) is 13.2 Å². The minimum Gasteiger partial charge on any atom is -0.492 e. The Hall–Kier alpha value is -3.77. The SMILES string of the molecule is CON=C1C=CC=CC1c1ccc2c(c1)SC(C)C(=O)N2CCOc1ccc(CC(OCC(F)(F)F)C(=O)O)cc1. The quantitative estimate of drug-likeness (QED) is 0.351. The minimum atomic E-state index is -4.62. The average Bonchev–Trinajstić information content (AvgIpc) is 2.93. The van der Waals surface area contributed by atoms with Gasteiger partial charge in [0.2, 0.25) is 5.91 Å². The first-order valence-electron chi connectivity index (χ1n) is 12.8. The van der Waals surface area contributed by atoms with Crippen LogP contribution >= 0.6 is 11.8 Å². The summed E-state index contributed by atoms with van der Waals surface area (Å²) in [7, 11) is 1.51. The maximum absolute atomic E-state index is 13.0. The Labute approximate surface area is 239 Å². The molecule has 1 amide bonds. The van der Waals surface area contributed by atoms with Gasteiger partial charge >= 0.3 is 12.1 Å². The molecule has 218 valence electrons. The second-order valence-electron chi connectivity index (χ2n) is 9.35. The Morgan fingerprint density at radius 3 is 2.61 bits per heavy atom. The number of halogens is 3. The van der Waals surface area contributed by atoms with E-state index in [1.807, 2.05) is 43.4 Å². The fraction of sp³-hybridized carbons (Fsp3) is 0.345. The average molecular weight is 591 g/mol. The van der Waals surface area contributed by atoms with Crippen LogP contribution in [-0.4, -0.2) is 67.1 Å². The number of anilines is 1. The second-order valence-corrected chi connectivity index (χ2v) is 10.7. The fourth-order valence-corrected chi connectivity index (χ4v) is 5.57. The van der Waals surface area contributed by atoms with E-state index in [2.05, 4.69) is 16.0 Å². The van der Waals surface area contributed by atoms with Crippen molar-refractivity contribution in [1.29, 1.82) is 0 Å². The van der Waals surface area contributed by atoms with E-state index in [9.17, 15) is 27.9 Å². The molecule has 1 N–H and O–H groups in total. The van der Waals surface area contributed by atoms with Gasteiger partial charge in [-0.15, -0.1) is 11.8 Å². The normalized spacial score (nSPS) is 20.2. The van der Waals surface area contributed by atoms with Gasteiger partial charge in [-0.1, -0.05) is 41.6 Å². The molecule has 0 fully saturated rings. The van der Waals surface area contributed by atoms with Gasteiger partial charge in [0.1, 0.15) is 26.1 Å². The van der Waals surface area contributed by atoms with E-state index in [1.54, 1.807) is 29.2 Å². The molecule has 0 spiro atoms. The van der Waals surface area contributed by atoms with E-state index in [1.165, 1.54) is 18.9 Å². The summed E-state index contributed by atoms with van der Waals surface area (Å²) < 4.78 is 47.6. The summed E-state index contributed by atoms with van der Waals surface area (Å²) in [5, 5.41) is 13.0. The Balaban J connectivity index is 1.39. The highest BCUT2D eigenvalue weighted by atomic mass is 32.2. The molecule has 0 radical (unpaired) electrons. The van der Waals surface area contributed by atoms with Crippen LogP contribution in [0.1, 0.15) is 24.0 Å². The Morgan fingerprint density at radius 2 is 1.93 bits per heavy atom. The first kappa shape index (κ1) is 30.2. The summed E-state index contributed by atoms with van der Waals surface area (Å²) in [6.45, 7) is 0.711. The number of hydrogen-bond acceptors (Lipinski definition) is 7. The van der Waals surface area contributed by atoms with Crippen LogP contribution in [-0.2, 0) is 25.6 Å². The van der Waals surface area contributed by atoms with Crippen molar-refractivity contribution in [3.63, 3.8) is 0 Å². The molecular weight excluding hydrogens is 561 g/mol. The van der Waals surface area contributed by atoms with E-state index in [4.69, 9.17) is 9.57 Å². The lowest BCUT2D eigenvalue weighted by Crippen LogP contribution is -2.42. The zero-order valence-corrected chi connectivity index (χ0v) is 23.2. The number of alkyl halides is 3. The highest BCUT2D eigenvalue weighted by molar-refractivity contribution is 8.01. The monoisotopic (exact) mass is 590 g/mol. The van der Waals surface area contributed by atoms with Gasteiger partial charge in [0.05, 0.1) is 23.2 Å². The van der Waals surface area contributed by atoms with Crippen LogP contribution in [0.3, 0.4) is 0 Å². The molecule has 0 aromatic heterocycles. The topological polar surface area (TPSA) is 97.7 Å². The first-order chi connectivity index (χ1) is 19.6. The third kappa shape index (κ3) is 7.92. The standard InChI is InChI=1S/C29H29F3N2O6S/c1-18-27(35)34(24-12-9-20(16-26(24)41-18)22-5-3-4-6-23(22)33-38-2)13-14-39-21-10-7-19(8-11-21)15-25(28(36)37)40-17-29(30,31)32/h3-12,16,18,22,25H,13-15,17H2,1-2H3,(H,36,37). The maximum Gasteiger partial charge on any atom is 0.411 e. The molecule has 41 heavy (non-hydrogen) atoms. The van der Waals surface area contributed by atoms with Crippen LogP contribution in [0.25, 0.3) is 0 Å². The molecule has 2 aliphatic rings. The number of benzene rings is 2. The maximum atomic E-state index is 13.0. The van der Waals surface area contributed by atoms with Crippen molar-refractivity contribution in [3.05, 3.63) is 77.9 Å². The molecule has 12 heteroatoms. The number of ether oxygens (including phenoxy) is 2. The molecule has 1 aliphatic carbocycles. The third-order valence-corrected chi connectivity index (χ3v) is 7.54. The van der Waals surface area contributed by atoms with Crippen LogP contribution in [0.15, 0.2) is 76.8 Å². The van der Waals surface area contributed by atoms with E-state index in [0.717, 1.165) is 21.9 Å². The van der Waals surface area contributed by atoms with Gasteiger partial charge in [-0.25, -0.2) is 4.79 Å². The predicted molar refractivity (Wildman–Crippen MR) is 149 cm³/mol. The number of fused-ring (bicyclic) bond motifs is 1. The Morgan fingerprint density at radius 1 is 1.17 bits per heavy atom. The minimum absolute atomic E-state index is 0.0325. The number of aliphatic carboxylic acids is 1. The number of oxime groups is 1. The molecule has 2 aromatic carbocycles. The predicted octanol–water partition coefficient (Wildman–Crippen LogP) is 5.38. The van der Waals surface area contributed by atoms with Crippen LogP contribution in [0.2, 0.25) is 0 Å². The molecule has 3 atom stereocenters. The van der Waals surface area contributed by atoms with Crippen molar-refractivity contribution in [2.75, 3.05) is 31.8 Å². The summed E-state index contributed by atoms with van der Waals surface area (Å²) in [4.78, 5) is 32.0. The largest absolute Gasteiger partial charge is 0.492 e. The van der Waals surface area contributed by atoms with E-state index in [0.29, 0.717) is 17.9 Å². The van der Waals surface area contributed by atoms with Crippen LogP contribution in [0.5, 0.6) is 5.75 Å². The summed E-state index contributed by atoms with van der Waals surface area (Å²) in [6.07, 6.45) is 1.32. The molecule has 1 heterocycles. The lowest BCUT2D eigenvalue weighted by molar-refractivity contribution is -0.192. The molecule has 0 saturated carbocycles.